The highest BCUT2D eigenvalue weighted by Gasteiger charge is 2.59. The Kier molecular flexibility index (Phi) is 8.38. The zero-order valence-corrected chi connectivity index (χ0v) is 36.2. The predicted molar refractivity (Wildman–Crippen MR) is 238 cm³/mol. The molecule has 8 aromatic rings. The fourth-order valence-corrected chi connectivity index (χ4v) is 11.5. The number of imidazole rings is 1. The number of rotatable bonds is 8. The molecular weight excluding hydrogens is 828 g/mol. The maximum atomic E-state index is 16.4. The van der Waals surface area contributed by atoms with E-state index in [1.165, 1.54) is 25.8 Å². The van der Waals surface area contributed by atoms with Gasteiger partial charge in [0.25, 0.3) is 5.91 Å². The predicted octanol–water partition coefficient (Wildman–Crippen LogP) is 7.19. The van der Waals surface area contributed by atoms with Crippen molar-refractivity contribution in [1.29, 1.82) is 0 Å². The Morgan fingerprint density at radius 1 is 0.908 bits per heavy atom. The first kappa shape index (κ1) is 38.6. The second-order valence-corrected chi connectivity index (χ2v) is 18.8. The Morgan fingerprint density at radius 2 is 1.71 bits per heavy atom. The lowest BCUT2D eigenvalue weighted by Gasteiger charge is -2.34. The zero-order chi connectivity index (χ0) is 43.9. The van der Waals surface area contributed by atoms with E-state index in [4.69, 9.17) is 14.4 Å². The van der Waals surface area contributed by atoms with Crippen molar-refractivity contribution in [2.24, 2.45) is 5.92 Å². The summed E-state index contributed by atoms with van der Waals surface area (Å²) in [5.74, 6) is -0.0740. The normalized spacial score (nSPS) is 22.0. The molecule has 7 heterocycles. The van der Waals surface area contributed by atoms with Crippen LogP contribution in [0.4, 0.5) is 4.39 Å². The fraction of sp³-hybridized carbons (Fsp3) is 0.388. The molecular formula is C49H47FN10O5. The SMILES string of the molecule is C[C@H]1c2c(nn(-c3ccc4c(c3)CCC4)c2-n2ccn(-c3ccc4c(cnn4C4CC4)c3F)c2=O)CCN1C(=O)c1cc2cc(C3CCOCC3)ccc2n1[C@@]1(c2noc(=O)[nH]2)C[C@@H]1C. The van der Waals surface area contributed by atoms with Gasteiger partial charge in [-0.05, 0) is 129 Å². The van der Waals surface area contributed by atoms with Gasteiger partial charge in [-0.1, -0.05) is 24.2 Å². The topological polar surface area (TPSA) is 156 Å². The van der Waals surface area contributed by atoms with Crippen LogP contribution >= 0.6 is 0 Å². The first-order valence-electron chi connectivity index (χ1n) is 23.0. The van der Waals surface area contributed by atoms with Crippen molar-refractivity contribution < 1.29 is 18.4 Å². The zero-order valence-electron chi connectivity index (χ0n) is 36.2. The second-order valence-electron chi connectivity index (χ2n) is 18.8. The molecule has 1 N–H and O–H groups in total. The molecule has 16 heteroatoms. The molecule has 0 unspecified atom stereocenters. The molecule has 13 rings (SSSR count). The Labute approximate surface area is 371 Å². The second kappa shape index (κ2) is 14.1. The number of carbonyl (C=O) groups is 1. The highest BCUT2D eigenvalue weighted by molar-refractivity contribution is 6.00. The van der Waals surface area contributed by atoms with Gasteiger partial charge in [-0.15, -0.1) is 0 Å². The first-order valence-corrected chi connectivity index (χ1v) is 23.0. The summed E-state index contributed by atoms with van der Waals surface area (Å²) in [4.78, 5) is 47.5. The van der Waals surface area contributed by atoms with Gasteiger partial charge < -0.3 is 14.2 Å². The summed E-state index contributed by atoms with van der Waals surface area (Å²) in [7, 11) is 0. The van der Waals surface area contributed by atoms with E-state index in [1.54, 1.807) is 24.7 Å². The Bertz CT molecular complexity index is 3390. The summed E-state index contributed by atoms with van der Waals surface area (Å²) < 4.78 is 35.8. The largest absolute Gasteiger partial charge is 0.438 e. The minimum absolute atomic E-state index is 0.0407. The standard InChI is InChI=1S/C49H47FN10O5/c1-27-25-49(27,46-52-47(62)65-54-46)58-38-11-7-32(30-15-20-64-21-16-30)22-33(38)24-41(58)45(61)55-17-14-37-42(28(55)2)44(60(53-37)35-8-6-29-4-3-5-31(29)23-35)57-19-18-56(48(57)63)40-13-12-39-36(43(40)50)26-51-59(39)34-9-10-34/h6-8,11-13,18-19,22-24,26-28,30,34H,3-5,9-10,14-17,20-21,25H2,1-2H3,(H,52,54,62)/t27-,28-,49-/m0/s1. The average Bonchev–Trinajstić information content (AvgIpc) is 3.73. The third-order valence-corrected chi connectivity index (χ3v) is 15.1. The number of aromatic nitrogens is 9. The number of aromatic amines is 1. The molecule has 15 nitrogen and oxygen atoms in total. The van der Waals surface area contributed by atoms with Gasteiger partial charge in [0.15, 0.2) is 11.6 Å². The number of nitrogens with one attached hydrogen (secondary N) is 1. The van der Waals surface area contributed by atoms with Crippen LogP contribution in [0.1, 0.15) is 115 Å². The van der Waals surface area contributed by atoms with Crippen molar-refractivity contribution >= 4 is 27.7 Å². The third-order valence-electron chi connectivity index (χ3n) is 15.1. The van der Waals surface area contributed by atoms with E-state index in [1.807, 2.05) is 39.4 Å². The number of H-pyrrole nitrogens is 1. The number of aryl methyl sites for hydroxylation is 2. The van der Waals surface area contributed by atoms with E-state index in [-0.39, 0.29) is 23.6 Å². The summed E-state index contributed by atoms with van der Waals surface area (Å²) in [5, 5.41) is 15.2. The average molecular weight is 875 g/mol. The maximum Gasteiger partial charge on any atom is 0.438 e. The monoisotopic (exact) mass is 874 g/mol. The summed E-state index contributed by atoms with van der Waals surface area (Å²) in [5.41, 5.74) is 7.00. The van der Waals surface area contributed by atoms with Gasteiger partial charge in [-0.25, -0.2) is 18.7 Å². The lowest BCUT2D eigenvalue weighted by atomic mass is 9.91. The van der Waals surface area contributed by atoms with Crippen molar-refractivity contribution in [2.45, 2.75) is 95.2 Å². The van der Waals surface area contributed by atoms with Gasteiger partial charge >= 0.3 is 11.4 Å². The quantitative estimate of drug-likeness (QED) is 0.168. The Hall–Kier alpha value is -6.81. The Morgan fingerprint density at radius 3 is 2.49 bits per heavy atom. The number of benzene rings is 3. The van der Waals surface area contributed by atoms with Crippen LogP contribution in [-0.2, 0) is 29.5 Å². The summed E-state index contributed by atoms with van der Waals surface area (Å²) in [6.07, 6.45) is 12.8. The van der Waals surface area contributed by atoms with Gasteiger partial charge in [0.05, 0.1) is 46.3 Å². The fourth-order valence-electron chi connectivity index (χ4n) is 11.5. The third kappa shape index (κ3) is 5.74. The van der Waals surface area contributed by atoms with Crippen molar-refractivity contribution in [3.63, 3.8) is 0 Å². The molecule has 3 atom stereocenters. The minimum atomic E-state index is -0.808. The van der Waals surface area contributed by atoms with Gasteiger partial charge in [0.1, 0.15) is 17.1 Å². The first-order chi connectivity index (χ1) is 31.7. The van der Waals surface area contributed by atoms with E-state index < -0.39 is 28.8 Å². The van der Waals surface area contributed by atoms with Crippen LogP contribution in [0, 0.1) is 11.7 Å². The molecule has 65 heavy (non-hydrogen) atoms. The Balaban J connectivity index is 0.945. The highest BCUT2D eigenvalue weighted by Crippen LogP contribution is 2.56. The number of ether oxygens (including phenoxy) is 1. The molecule has 0 bridgehead atoms. The van der Waals surface area contributed by atoms with Crippen LogP contribution in [0.25, 0.3) is 39.0 Å². The molecule has 5 aliphatic rings. The lowest BCUT2D eigenvalue weighted by Crippen LogP contribution is -2.41. The molecule has 3 fully saturated rings. The molecule has 3 aliphatic carbocycles. The molecule has 5 aromatic heterocycles. The molecule has 3 aromatic carbocycles. The number of fused-ring (bicyclic) bond motifs is 4. The highest BCUT2D eigenvalue weighted by atomic mass is 19.1. The molecule has 0 spiro atoms. The maximum absolute atomic E-state index is 16.4. The summed E-state index contributed by atoms with van der Waals surface area (Å²) >= 11 is 0. The van der Waals surface area contributed by atoms with Crippen molar-refractivity contribution in [1.82, 2.24) is 48.3 Å². The molecule has 0 radical (unpaired) electrons. The van der Waals surface area contributed by atoms with Crippen molar-refractivity contribution in [3.8, 4) is 17.2 Å². The van der Waals surface area contributed by atoms with Crippen LogP contribution in [0.3, 0.4) is 0 Å². The smallest absolute Gasteiger partial charge is 0.381 e. The van der Waals surface area contributed by atoms with Crippen molar-refractivity contribution in [2.75, 3.05) is 19.8 Å². The lowest BCUT2D eigenvalue weighted by molar-refractivity contribution is 0.0663. The van der Waals surface area contributed by atoms with Crippen LogP contribution in [0.15, 0.2) is 87.3 Å². The van der Waals surface area contributed by atoms with E-state index in [9.17, 15) is 9.59 Å². The number of carbonyl (C=O) groups excluding carboxylic acids is 1. The molecule has 2 aliphatic heterocycles. The molecule has 1 amide bonds. The van der Waals surface area contributed by atoms with Crippen LogP contribution in [0.2, 0.25) is 0 Å². The van der Waals surface area contributed by atoms with Gasteiger partial charge in [0.2, 0.25) is 0 Å². The summed E-state index contributed by atoms with van der Waals surface area (Å²) in [6.45, 7) is 5.88. The summed E-state index contributed by atoms with van der Waals surface area (Å²) in [6, 6.07) is 18.0. The molecule has 330 valence electrons. The molecule has 2 saturated carbocycles. The number of hydrogen-bond donors (Lipinski definition) is 1. The van der Waals surface area contributed by atoms with Crippen LogP contribution in [-0.4, -0.2) is 74.0 Å². The number of hydrogen-bond acceptors (Lipinski definition) is 8. The van der Waals surface area contributed by atoms with E-state index in [2.05, 4.69) is 57.1 Å². The molecule has 1 saturated heterocycles. The van der Waals surface area contributed by atoms with E-state index in [0.29, 0.717) is 66.8 Å². The van der Waals surface area contributed by atoms with E-state index in [0.717, 1.165) is 72.8 Å². The van der Waals surface area contributed by atoms with Gasteiger partial charge in [-0.3, -0.25) is 28.1 Å². The minimum Gasteiger partial charge on any atom is -0.381 e. The number of halogens is 1. The van der Waals surface area contributed by atoms with Crippen LogP contribution < -0.4 is 11.4 Å². The van der Waals surface area contributed by atoms with Crippen LogP contribution in [0.5, 0.6) is 0 Å². The van der Waals surface area contributed by atoms with Gasteiger partial charge in [0, 0.05) is 55.0 Å². The number of amides is 1. The van der Waals surface area contributed by atoms with E-state index >= 15 is 9.18 Å². The van der Waals surface area contributed by atoms with Crippen molar-refractivity contribution in [3.05, 3.63) is 140 Å². The number of nitrogens with zero attached hydrogens (tertiary/aromatic N) is 9. The van der Waals surface area contributed by atoms with Gasteiger partial charge in [-0.2, -0.15) is 10.2 Å².